The molecule has 0 saturated heterocycles. The van der Waals surface area contributed by atoms with Crippen molar-refractivity contribution < 1.29 is 12.8 Å². The number of hydrogen-bond donors (Lipinski definition) is 2. The largest absolute Gasteiger partial charge is 0.396 e. The summed E-state index contributed by atoms with van der Waals surface area (Å²) in [4.78, 5) is -0.158. The number of aromatic nitrogens is 2. The monoisotopic (exact) mass is 352 g/mol. The van der Waals surface area contributed by atoms with E-state index in [1.165, 1.54) is 6.20 Å². The number of nitrogens with one attached hydrogen (secondary N) is 1. The summed E-state index contributed by atoms with van der Waals surface area (Å²) in [5.74, 6) is -0.694. The second-order valence-corrected chi connectivity index (χ2v) is 6.48. The van der Waals surface area contributed by atoms with Crippen LogP contribution in [0.15, 0.2) is 27.7 Å². The molecule has 0 aliphatic rings. The molecule has 6 nitrogen and oxygen atoms in total. The lowest BCUT2D eigenvalue weighted by Crippen LogP contribution is -2.13. The summed E-state index contributed by atoms with van der Waals surface area (Å²) in [7, 11) is -3.87. The molecule has 0 unspecified atom stereocenters. The molecule has 0 aliphatic heterocycles. The second kappa shape index (κ2) is 4.78. The highest BCUT2D eigenvalue weighted by atomic mass is 79.9. The van der Waals surface area contributed by atoms with Crippen LogP contribution in [-0.2, 0) is 10.0 Å². The summed E-state index contributed by atoms with van der Waals surface area (Å²) in [5, 5.41) is 3.75. The van der Waals surface area contributed by atoms with Crippen LogP contribution < -0.4 is 10.5 Å². The van der Waals surface area contributed by atoms with Gasteiger partial charge in [-0.25, -0.2) is 12.8 Å². The molecule has 0 bridgehead atoms. The van der Waals surface area contributed by atoms with Crippen molar-refractivity contribution in [1.29, 1.82) is 0 Å². The number of benzene rings is 1. The topological polar surface area (TPSA) is 98.0 Å². The number of nitrogens with two attached hydrogens (primary N) is 1. The third-order valence-corrected chi connectivity index (χ3v) is 4.97. The molecule has 3 N–H and O–H groups in total. The molecule has 18 heavy (non-hydrogen) atoms. The maximum Gasteiger partial charge on any atom is 0.263 e. The molecule has 0 saturated carbocycles. The van der Waals surface area contributed by atoms with E-state index in [2.05, 4.69) is 30.2 Å². The van der Waals surface area contributed by atoms with Gasteiger partial charge in [-0.2, -0.15) is 0 Å². The molecular formula is C8H6BrFN4O2S2. The number of nitrogens with zero attached hydrogens (tertiary/aromatic N) is 2. The summed E-state index contributed by atoms with van der Waals surface area (Å²) in [6, 6.07) is 2.03. The molecule has 96 valence electrons. The van der Waals surface area contributed by atoms with Gasteiger partial charge in [-0.05, 0) is 28.1 Å². The van der Waals surface area contributed by atoms with Gasteiger partial charge in [0.1, 0.15) is 15.7 Å². The van der Waals surface area contributed by atoms with E-state index < -0.39 is 15.8 Å². The fraction of sp³-hybridized carbons (Fsp3) is 0. The van der Waals surface area contributed by atoms with Gasteiger partial charge in [-0.3, -0.25) is 4.72 Å². The normalized spacial score (nSPS) is 11.4. The van der Waals surface area contributed by atoms with Crippen LogP contribution in [0.3, 0.4) is 0 Å². The minimum absolute atomic E-state index is 0.0826. The zero-order valence-electron chi connectivity index (χ0n) is 8.59. The van der Waals surface area contributed by atoms with Crippen LogP contribution in [0, 0.1) is 5.82 Å². The van der Waals surface area contributed by atoms with Gasteiger partial charge in [-0.15, -0.1) is 5.10 Å². The zero-order chi connectivity index (χ0) is 13.3. The Morgan fingerprint density at radius 2 is 2.17 bits per heavy atom. The van der Waals surface area contributed by atoms with Crippen LogP contribution in [-0.4, -0.2) is 18.0 Å². The van der Waals surface area contributed by atoms with E-state index in [1.807, 2.05) is 0 Å². The van der Waals surface area contributed by atoms with E-state index in [4.69, 9.17) is 5.73 Å². The van der Waals surface area contributed by atoms with Crippen molar-refractivity contribution in [3.05, 3.63) is 28.6 Å². The van der Waals surface area contributed by atoms with Crippen molar-refractivity contribution in [3.63, 3.8) is 0 Å². The maximum atomic E-state index is 13.1. The van der Waals surface area contributed by atoms with Gasteiger partial charge in [0, 0.05) is 16.0 Å². The van der Waals surface area contributed by atoms with Gasteiger partial charge in [0.25, 0.3) is 10.0 Å². The first-order valence-corrected chi connectivity index (χ1v) is 7.50. The van der Waals surface area contributed by atoms with Gasteiger partial charge < -0.3 is 5.73 Å². The molecule has 0 aliphatic carbocycles. The molecule has 2 aromatic rings. The van der Waals surface area contributed by atoms with Gasteiger partial charge >= 0.3 is 0 Å². The molecule has 0 spiro atoms. The van der Waals surface area contributed by atoms with Crippen molar-refractivity contribution in [2.45, 2.75) is 4.90 Å². The smallest absolute Gasteiger partial charge is 0.263 e. The van der Waals surface area contributed by atoms with Crippen molar-refractivity contribution in [1.82, 2.24) is 9.59 Å². The highest BCUT2D eigenvalue weighted by Crippen LogP contribution is 2.28. The van der Waals surface area contributed by atoms with Crippen molar-refractivity contribution in [3.8, 4) is 0 Å². The van der Waals surface area contributed by atoms with Gasteiger partial charge in [0.2, 0.25) is 0 Å². The van der Waals surface area contributed by atoms with E-state index in [0.717, 1.165) is 23.7 Å². The molecule has 0 radical (unpaired) electrons. The molecule has 0 amide bonds. The molecule has 1 heterocycles. The lowest BCUT2D eigenvalue weighted by Gasteiger charge is -2.08. The molecule has 0 fully saturated rings. The fourth-order valence-electron chi connectivity index (χ4n) is 1.15. The zero-order valence-corrected chi connectivity index (χ0v) is 11.8. The third-order valence-electron chi connectivity index (χ3n) is 1.94. The quantitative estimate of drug-likeness (QED) is 0.821. The van der Waals surface area contributed by atoms with Gasteiger partial charge in [0.15, 0.2) is 0 Å². The highest BCUT2D eigenvalue weighted by molar-refractivity contribution is 9.10. The van der Waals surface area contributed by atoms with Crippen LogP contribution in [0.1, 0.15) is 0 Å². The predicted molar refractivity (Wildman–Crippen MR) is 69.2 cm³/mol. The Hall–Kier alpha value is -1.26. The minimum Gasteiger partial charge on any atom is -0.396 e. The SMILES string of the molecule is Nc1cc(S(=O)(=O)Nc2cnns2)c(Br)cc1F. The lowest BCUT2D eigenvalue weighted by atomic mass is 10.3. The average molecular weight is 353 g/mol. The predicted octanol–water partition coefficient (Wildman–Crippen LogP) is 1.82. The Morgan fingerprint density at radius 1 is 1.44 bits per heavy atom. The Morgan fingerprint density at radius 3 is 2.78 bits per heavy atom. The Bertz CT molecular complexity index is 675. The summed E-state index contributed by atoms with van der Waals surface area (Å²) in [5.41, 5.74) is 5.10. The summed E-state index contributed by atoms with van der Waals surface area (Å²) < 4.78 is 43.0. The summed E-state index contributed by atoms with van der Waals surface area (Å²) >= 11 is 3.86. The number of nitrogen functional groups attached to an aromatic ring is 1. The Labute approximate surface area is 114 Å². The molecule has 2 rings (SSSR count). The van der Waals surface area contributed by atoms with E-state index >= 15 is 0 Å². The van der Waals surface area contributed by atoms with Crippen molar-refractivity contribution in [2.75, 3.05) is 10.5 Å². The number of halogens is 2. The first kappa shape index (κ1) is 13.2. The number of sulfonamides is 1. The van der Waals surface area contributed by atoms with E-state index in [9.17, 15) is 12.8 Å². The summed E-state index contributed by atoms with van der Waals surface area (Å²) in [6.07, 6.45) is 1.27. The first-order chi connectivity index (χ1) is 8.40. The molecule has 0 atom stereocenters. The van der Waals surface area contributed by atoms with Crippen LogP contribution in [0.2, 0.25) is 0 Å². The first-order valence-electron chi connectivity index (χ1n) is 4.45. The number of hydrogen-bond acceptors (Lipinski definition) is 6. The third kappa shape index (κ3) is 2.60. The average Bonchev–Trinajstić information content (AvgIpc) is 2.75. The Kier molecular flexibility index (Phi) is 3.50. The number of anilines is 2. The summed E-state index contributed by atoms with van der Waals surface area (Å²) in [6.45, 7) is 0. The van der Waals surface area contributed by atoms with Crippen molar-refractivity contribution in [2.24, 2.45) is 0 Å². The molecule has 1 aromatic carbocycles. The number of rotatable bonds is 3. The maximum absolute atomic E-state index is 13.1. The van der Waals surface area contributed by atoms with Crippen LogP contribution in [0.5, 0.6) is 0 Å². The van der Waals surface area contributed by atoms with Crippen LogP contribution >= 0.6 is 27.5 Å². The fourth-order valence-corrected chi connectivity index (χ4v) is 3.89. The van der Waals surface area contributed by atoms with Crippen LogP contribution in [0.25, 0.3) is 0 Å². The molecule has 1 aromatic heterocycles. The lowest BCUT2D eigenvalue weighted by molar-refractivity contribution is 0.599. The van der Waals surface area contributed by atoms with Crippen LogP contribution in [0.4, 0.5) is 15.1 Å². The van der Waals surface area contributed by atoms with E-state index in [0.29, 0.717) is 0 Å². The van der Waals surface area contributed by atoms with E-state index in [1.54, 1.807) is 0 Å². The van der Waals surface area contributed by atoms with Crippen molar-refractivity contribution >= 4 is 48.2 Å². The Balaban J connectivity index is 2.44. The highest BCUT2D eigenvalue weighted by Gasteiger charge is 2.20. The minimum atomic E-state index is -3.87. The molecule has 10 heteroatoms. The van der Waals surface area contributed by atoms with E-state index in [-0.39, 0.29) is 20.1 Å². The van der Waals surface area contributed by atoms with Gasteiger partial charge in [-0.1, -0.05) is 4.49 Å². The standard InChI is InChI=1S/C8H6BrFN4O2S2/c9-4-1-5(10)6(11)2-7(4)18(15,16)13-8-3-12-14-17-8/h1-3,13H,11H2. The molecular weight excluding hydrogens is 347 g/mol. The second-order valence-electron chi connectivity index (χ2n) is 3.19. The van der Waals surface area contributed by atoms with Gasteiger partial charge in [0.05, 0.1) is 11.9 Å².